The molecule has 96 valence electrons. The quantitative estimate of drug-likeness (QED) is 0.897. The van der Waals surface area contributed by atoms with E-state index in [2.05, 4.69) is 48.6 Å². The van der Waals surface area contributed by atoms with E-state index in [0.29, 0.717) is 0 Å². The van der Waals surface area contributed by atoms with Crippen LogP contribution in [0.2, 0.25) is 0 Å². The lowest BCUT2D eigenvalue weighted by molar-refractivity contribution is 0.982. The summed E-state index contributed by atoms with van der Waals surface area (Å²) in [7, 11) is 0. The van der Waals surface area contributed by atoms with Crippen molar-refractivity contribution in [1.29, 1.82) is 0 Å². The third-order valence-corrected chi connectivity index (χ3v) is 4.01. The Labute approximate surface area is 113 Å². The molecular formula is C15H20N2S. The molecule has 1 aromatic heterocycles. The van der Waals surface area contributed by atoms with Gasteiger partial charge < -0.3 is 5.32 Å². The minimum atomic E-state index is 0.942. The standard InChI is InChI=1S/C15H20N2S/c1-10-7-11(2)15(12(3)8-10)16-6-5-14-17-13(4)9-18-14/h7-9,16H,5-6H2,1-4H3. The molecule has 0 unspecified atom stereocenters. The number of rotatable bonds is 4. The third-order valence-electron chi connectivity index (χ3n) is 2.98. The van der Waals surface area contributed by atoms with Crippen LogP contribution >= 0.6 is 11.3 Å². The average molecular weight is 260 g/mol. The van der Waals surface area contributed by atoms with Crippen molar-refractivity contribution in [1.82, 2.24) is 4.98 Å². The zero-order valence-electron chi connectivity index (χ0n) is 11.5. The van der Waals surface area contributed by atoms with Gasteiger partial charge in [0, 0.05) is 29.7 Å². The molecule has 0 radical (unpaired) electrons. The van der Waals surface area contributed by atoms with E-state index in [1.54, 1.807) is 11.3 Å². The number of hydrogen-bond acceptors (Lipinski definition) is 3. The Kier molecular flexibility index (Phi) is 4.02. The summed E-state index contributed by atoms with van der Waals surface area (Å²) in [4.78, 5) is 4.48. The SMILES string of the molecule is Cc1cc(C)c(NCCc2nc(C)cs2)c(C)c1. The van der Waals surface area contributed by atoms with Gasteiger partial charge >= 0.3 is 0 Å². The number of nitrogens with one attached hydrogen (secondary N) is 1. The first kappa shape index (κ1) is 13.1. The molecule has 0 bridgehead atoms. The monoisotopic (exact) mass is 260 g/mol. The highest BCUT2D eigenvalue weighted by Gasteiger charge is 2.04. The largest absolute Gasteiger partial charge is 0.384 e. The number of thiazole rings is 1. The molecule has 0 aliphatic heterocycles. The van der Waals surface area contributed by atoms with Crippen molar-refractivity contribution >= 4 is 17.0 Å². The maximum Gasteiger partial charge on any atom is 0.0945 e. The molecule has 1 aromatic carbocycles. The molecule has 0 atom stereocenters. The first-order chi connectivity index (χ1) is 8.56. The van der Waals surface area contributed by atoms with Crippen LogP contribution in [-0.4, -0.2) is 11.5 Å². The molecule has 1 N–H and O–H groups in total. The maximum atomic E-state index is 4.48. The summed E-state index contributed by atoms with van der Waals surface area (Å²) in [6, 6.07) is 4.45. The molecule has 0 saturated heterocycles. The molecule has 3 heteroatoms. The Morgan fingerprint density at radius 3 is 2.33 bits per heavy atom. The van der Waals surface area contributed by atoms with E-state index in [1.807, 2.05) is 6.92 Å². The maximum absolute atomic E-state index is 4.48. The number of benzene rings is 1. The van der Waals surface area contributed by atoms with Gasteiger partial charge in [-0.25, -0.2) is 4.98 Å². The molecule has 2 nitrogen and oxygen atoms in total. The normalized spacial score (nSPS) is 10.7. The predicted molar refractivity (Wildman–Crippen MR) is 79.7 cm³/mol. The molecule has 0 spiro atoms. The van der Waals surface area contributed by atoms with Gasteiger partial charge in [-0.2, -0.15) is 0 Å². The molecule has 18 heavy (non-hydrogen) atoms. The molecule has 2 aromatic rings. The number of nitrogens with zero attached hydrogens (tertiary/aromatic N) is 1. The molecular weight excluding hydrogens is 240 g/mol. The lowest BCUT2D eigenvalue weighted by atomic mass is 10.1. The second-order valence-corrected chi connectivity index (χ2v) is 5.78. The Balaban J connectivity index is 1.98. The van der Waals surface area contributed by atoms with Crippen molar-refractivity contribution in [3.63, 3.8) is 0 Å². The smallest absolute Gasteiger partial charge is 0.0945 e. The number of aromatic nitrogens is 1. The minimum absolute atomic E-state index is 0.942. The van der Waals surface area contributed by atoms with Crippen LogP contribution in [0.25, 0.3) is 0 Å². The number of hydrogen-bond donors (Lipinski definition) is 1. The van der Waals surface area contributed by atoms with Crippen molar-refractivity contribution in [2.45, 2.75) is 34.1 Å². The Morgan fingerprint density at radius 1 is 1.11 bits per heavy atom. The third kappa shape index (κ3) is 3.10. The fourth-order valence-electron chi connectivity index (χ4n) is 2.27. The van der Waals surface area contributed by atoms with Crippen molar-refractivity contribution in [3.05, 3.63) is 44.9 Å². The Morgan fingerprint density at radius 2 is 1.78 bits per heavy atom. The van der Waals surface area contributed by atoms with Crippen molar-refractivity contribution in [2.75, 3.05) is 11.9 Å². The van der Waals surface area contributed by atoms with E-state index in [0.717, 1.165) is 18.7 Å². The summed E-state index contributed by atoms with van der Waals surface area (Å²) in [5, 5.41) is 6.85. The summed E-state index contributed by atoms with van der Waals surface area (Å²) < 4.78 is 0. The van der Waals surface area contributed by atoms with Gasteiger partial charge in [0.25, 0.3) is 0 Å². The molecule has 0 saturated carbocycles. The van der Waals surface area contributed by atoms with Gasteiger partial charge in [0.15, 0.2) is 0 Å². The molecule has 2 rings (SSSR count). The molecule has 0 aliphatic carbocycles. The summed E-state index contributed by atoms with van der Waals surface area (Å²) >= 11 is 1.74. The summed E-state index contributed by atoms with van der Waals surface area (Å²) in [6.45, 7) is 9.45. The van der Waals surface area contributed by atoms with Gasteiger partial charge in [-0.05, 0) is 38.8 Å². The highest BCUT2D eigenvalue weighted by atomic mass is 32.1. The van der Waals surface area contributed by atoms with Crippen LogP contribution < -0.4 is 5.32 Å². The van der Waals surface area contributed by atoms with Crippen LogP contribution in [0.1, 0.15) is 27.4 Å². The second kappa shape index (κ2) is 5.53. The van der Waals surface area contributed by atoms with Gasteiger partial charge in [0.1, 0.15) is 0 Å². The van der Waals surface area contributed by atoms with Crippen LogP contribution in [0, 0.1) is 27.7 Å². The molecule has 1 heterocycles. The van der Waals surface area contributed by atoms with E-state index >= 15 is 0 Å². The van der Waals surface area contributed by atoms with E-state index < -0.39 is 0 Å². The lowest BCUT2D eigenvalue weighted by Crippen LogP contribution is -2.07. The fourth-order valence-corrected chi connectivity index (χ4v) is 3.05. The lowest BCUT2D eigenvalue weighted by Gasteiger charge is -2.13. The predicted octanol–water partition coefficient (Wildman–Crippen LogP) is 4.03. The second-order valence-electron chi connectivity index (χ2n) is 4.83. The average Bonchev–Trinajstić information content (AvgIpc) is 2.68. The van der Waals surface area contributed by atoms with Crippen molar-refractivity contribution in [2.24, 2.45) is 0 Å². The van der Waals surface area contributed by atoms with Crippen LogP contribution in [0.3, 0.4) is 0 Å². The zero-order chi connectivity index (χ0) is 13.1. The van der Waals surface area contributed by atoms with E-state index in [4.69, 9.17) is 0 Å². The summed E-state index contributed by atoms with van der Waals surface area (Å²) in [6.07, 6.45) is 0.991. The van der Waals surface area contributed by atoms with Gasteiger partial charge in [-0.3, -0.25) is 0 Å². The van der Waals surface area contributed by atoms with E-state index in [1.165, 1.54) is 27.4 Å². The van der Waals surface area contributed by atoms with Crippen LogP contribution in [0.15, 0.2) is 17.5 Å². The number of aryl methyl sites for hydroxylation is 4. The van der Waals surface area contributed by atoms with Gasteiger partial charge in [-0.15, -0.1) is 11.3 Å². The summed E-state index contributed by atoms with van der Waals surface area (Å²) in [5.74, 6) is 0. The van der Waals surface area contributed by atoms with Gasteiger partial charge in [0.2, 0.25) is 0 Å². The first-order valence-electron chi connectivity index (χ1n) is 6.29. The zero-order valence-corrected chi connectivity index (χ0v) is 12.3. The highest BCUT2D eigenvalue weighted by molar-refractivity contribution is 7.09. The molecule has 0 fully saturated rings. The van der Waals surface area contributed by atoms with Crippen LogP contribution in [0.5, 0.6) is 0 Å². The van der Waals surface area contributed by atoms with Crippen molar-refractivity contribution < 1.29 is 0 Å². The Bertz CT molecular complexity index is 520. The first-order valence-corrected chi connectivity index (χ1v) is 7.17. The van der Waals surface area contributed by atoms with Crippen LogP contribution in [-0.2, 0) is 6.42 Å². The number of anilines is 1. The Hall–Kier alpha value is -1.35. The topological polar surface area (TPSA) is 24.9 Å². The highest BCUT2D eigenvalue weighted by Crippen LogP contribution is 2.22. The fraction of sp³-hybridized carbons (Fsp3) is 0.400. The van der Waals surface area contributed by atoms with Crippen molar-refractivity contribution in [3.8, 4) is 0 Å². The van der Waals surface area contributed by atoms with Crippen LogP contribution in [0.4, 0.5) is 5.69 Å². The van der Waals surface area contributed by atoms with E-state index in [9.17, 15) is 0 Å². The summed E-state index contributed by atoms with van der Waals surface area (Å²) in [5.41, 5.74) is 6.36. The minimum Gasteiger partial charge on any atom is -0.384 e. The van der Waals surface area contributed by atoms with Gasteiger partial charge in [-0.1, -0.05) is 17.7 Å². The molecule has 0 amide bonds. The van der Waals surface area contributed by atoms with E-state index in [-0.39, 0.29) is 0 Å². The molecule has 0 aliphatic rings. The van der Waals surface area contributed by atoms with Gasteiger partial charge in [0.05, 0.1) is 5.01 Å².